The fraction of sp³-hybridized carbons (Fsp3) is 0.500. The van der Waals surface area contributed by atoms with Crippen LogP contribution in [-0.2, 0) is 10.0 Å². The number of nitrogens with two attached hydrogens (primary N) is 1. The smallest absolute Gasteiger partial charge is 0.255 e. The lowest BCUT2D eigenvalue weighted by atomic mass is 10.1. The minimum atomic E-state index is -3.92. The molecule has 0 aromatic heterocycles. The first-order valence-corrected chi connectivity index (χ1v) is 8.75. The number of phenols is 1. The van der Waals surface area contributed by atoms with Gasteiger partial charge in [0.25, 0.3) is 5.91 Å². The normalized spacial score (nSPS) is 19.3. The van der Waals surface area contributed by atoms with Gasteiger partial charge in [0.2, 0.25) is 10.0 Å². The number of benzene rings is 1. The van der Waals surface area contributed by atoms with E-state index in [2.05, 4.69) is 17.1 Å². The van der Waals surface area contributed by atoms with Crippen LogP contribution in [0.2, 0.25) is 0 Å². The third-order valence-electron chi connectivity index (χ3n) is 3.94. The number of sulfonamides is 1. The van der Waals surface area contributed by atoms with Gasteiger partial charge in [-0.3, -0.25) is 9.69 Å². The lowest BCUT2D eigenvalue weighted by Gasteiger charge is -2.23. The molecule has 1 heterocycles. The summed E-state index contributed by atoms with van der Waals surface area (Å²) in [7, 11) is -3.92. The number of phenolic OH excluding ortho intramolecular Hbond substituents is 1. The van der Waals surface area contributed by atoms with E-state index in [0.717, 1.165) is 44.1 Å². The van der Waals surface area contributed by atoms with Gasteiger partial charge >= 0.3 is 0 Å². The molecule has 2 rings (SSSR count). The summed E-state index contributed by atoms with van der Waals surface area (Å²) in [6.07, 6.45) is 2.11. The first-order chi connectivity index (χ1) is 10.3. The molecule has 1 amide bonds. The second kappa shape index (κ2) is 6.64. The maximum absolute atomic E-state index is 12.2. The minimum Gasteiger partial charge on any atom is -0.507 e. The number of hydrogen-bond donors (Lipinski definition) is 3. The number of nitrogens with zero attached hydrogens (tertiary/aromatic N) is 1. The molecule has 122 valence electrons. The maximum atomic E-state index is 12.2. The number of likely N-dealkylation sites (N-methyl/N-ethyl adjacent to an activating group) is 1. The molecule has 8 heteroatoms. The highest BCUT2D eigenvalue weighted by Gasteiger charge is 2.24. The van der Waals surface area contributed by atoms with Crippen LogP contribution in [0.5, 0.6) is 5.75 Å². The van der Waals surface area contributed by atoms with E-state index in [-0.39, 0.29) is 22.3 Å². The summed E-state index contributed by atoms with van der Waals surface area (Å²) in [4.78, 5) is 14.2. The fourth-order valence-electron chi connectivity index (χ4n) is 2.72. The number of likely N-dealkylation sites (tertiary alicyclic amines) is 1. The van der Waals surface area contributed by atoms with Gasteiger partial charge in [0.1, 0.15) is 5.75 Å². The van der Waals surface area contributed by atoms with Gasteiger partial charge in [0.05, 0.1) is 10.5 Å². The van der Waals surface area contributed by atoms with E-state index in [1.807, 2.05) is 0 Å². The van der Waals surface area contributed by atoms with Crippen molar-refractivity contribution in [2.24, 2.45) is 5.14 Å². The van der Waals surface area contributed by atoms with Crippen LogP contribution in [0.25, 0.3) is 0 Å². The summed E-state index contributed by atoms with van der Waals surface area (Å²) in [5, 5.41) is 17.5. The highest BCUT2D eigenvalue weighted by atomic mass is 32.2. The number of hydrogen-bond acceptors (Lipinski definition) is 5. The zero-order valence-electron chi connectivity index (χ0n) is 12.4. The maximum Gasteiger partial charge on any atom is 0.255 e. The average Bonchev–Trinajstić information content (AvgIpc) is 2.91. The second-order valence-electron chi connectivity index (χ2n) is 5.36. The molecule has 0 saturated carbocycles. The van der Waals surface area contributed by atoms with Gasteiger partial charge in [-0.15, -0.1) is 0 Å². The fourth-order valence-corrected chi connectivity index (χ4v) is 3.26. The Kier molecular flexibility index (Phi) is 5.05. The quantitative estimate of drug-likeness (QED) is 0.718. The molecule has 1 aromatic rings. The van der Waals surface area contributed by atoms with Crippen molar-refractivity contribution in [3.63, 3.8) is 0 Å². The standard InChI is InChI=1S/C14H21N3O4S/c1-2-17-7-3-4-10(17)9-16-14(19)12-8-11(22(15,20)21)5-6-13(12)18/h5-6,8,10,18H,2-4,7,9H2,1H3,(H,16,19)(H2,15,20,21). The summed E-state index contributed by atoms with van der Waals surface area (Å²) in [6.45, 7) is 4.48. The number of amides is 1. The Morgan fingerprint density at radius 2 is 2.23 bits per heavy atom. The Labute approximate surface area is 130 Å². The molecule has 22 heavy (non-hydrogen) atoms. The van der Waals surface area contributed by atoms with Gasteiger partial charge < -0.3 is 10.4 Å². The van der Waals surface area contributed by atoms with Crippen molar-refractivity contribution in [1.82, 2.24) is 10.2 Å². The van der Waals surface area contributed by atoms with Gasteiger partial charge in [0, 0.05) is 12.6 Å². The highest BCUT2D eigenvalue weighted by Crippen LogP contribution is 2.21. The molecule has 0 aliphatic carbocycles. The van der Waals surface area contributed by atoms with Crippen LogP contribution in [0.4, 0.5) is 0 Å². The summed E-state index contributed by atoms with van der Waals surface area (Å²) in [6, 6.07) is 3.68. The predicted molar refractivity (Wildman–Crippen MR) is 82.1 cm³/mol. The molecule has 1 aliphatic rings. The number of nitrogens with one attached hydrogen (secondary N) is 1. The molecule has 0 bridgehead atoms. The van der Waals surface area contributed by atoms with Crippen LogP contribution in [0.1, 0.15) is 30.1 Å². The van der Waals surface area contributed by atoms with E-state index in [1.165, 1.54) is 0 Å². The molecule has 1 unspecified atom stereocenters. The Morgan fingerprint density at radius 1 is 1.50 bits per heavy atom. The Bertz CT molecular complexity index is 660. The van der Waals surface area contributed by atoms with Crippen LogP contribution in [0.3, 0.4) is 0 Å². The topological polar surface area (TPSA) is 113 Å². The van der Waals surface area contributed by atoms with Gasteiger partial charge in [0.15, 0.2) is 0 Å². The summed E-state index contributed by atoms with van der Waals surface area (Å²) < 4.78 is 22.7. The number of aromatic hydroxyl groups is 1. The molecule has 0 spiro atoms. The summed E-state index contributed by atoms with van der Waals surface area (Å²) in [5.41, 5.74) is -0.0902. The van der Waals surface area contributed by atoms with E-state index < -0.39 is 15.9 Å². The molecule has 1 atom stereocenters. The first kappa shape index (κ1) is 16.7. The lowest BCUT2D eigenvalue weighted by Crippen LogP contribution is -2.40. The molecule has 1 fully saturated rings. The van der Waals surface area contributed by atoms with Crippen molar-refractivity contribution in [3.8, 4) is 5.75 Å². The Hall–Kier alpha value is -1.64. The van der Waals surface area contributed by atoms with Crippen LogP contribution < -0.4 is 10.5 Å². The van der Waals surface area contributed by atoms with E-state index in [4.69, 9.17) is 5.14 Å². The SMILES string of the molecule is CCN1CCCC1CNC(=O)c1cc(S(N)(=O)=O)ccc1O. The zero-order chi connectivity index (χ0) is 16.3. The van der Waals surface area contributed by atoms with E-state index in [9.17, 15) is 18.3 Å². The molecule has 4 N–H and O–H groups in total. The van der Waals surface area contributed by atoms with Crippen LogP contribution in [-0.4, -0.2) is 50.0 Å². The van der Waals surface area contributed by atoms with Crippen LogP contribution in [0, 0.1) is 0 Å². The summed E-state index contributed by atoms with van der Waals surface area (Å²) in [5.74, 6) is -0.783. The minimum absolute atomic E-state index is 0.0902. The van der Waals surface area contributed by atoms with Crippen molar-refractivity contribution >= 4 is 15.9 Å². The first-order valence-electron chi connectivity index (χ1n) is 7.21. The molecular weight excluding hydrogens is 306 g/mol. The number of rotatable bonds is 5. The average molecular weight is 327 g/mol. The zero-order valence-corrected chi connectivity index (χ0v) is 13.3. The van der Waals surface area contributed by atoms with Gasteiger partial charge in [-0.2, -0.15) is 0 Å². The van der Waals surface area contributed by atoms with E-state index >= 15 is 0 Å². The summed E-state index contributed by atoms with van der Waals surface area (Å²) >= 11 is 0. The third kappa shape index (κ3) is 3.76. The van der Waals surface area contributed by atoms with Crippen molar-refractivity contribution in [1.29, 1.82) is 0 Å². The monoisotopic (exact) mass is 327 g/mol. The predicted octanol–water partition coefficient (Wildman–Crippen LogP) is 0.254. The molecule has 1 aromatic carbocycles. The third-order valence-corrected chi connectivity index (χ3v) is 4.86. The Morgan fingerprint density at radius 3 is 2.86 bits per heavy atom. The van der Waals surface area contributed by atoms with Crippen LogP contribution in [0.15, 0.2) is 23.1 Å². The molecular formula is C14H21N3O4S. The van der Waals surface area contributed by atoms with Gasteiger partial charge in [-0.25, -0.2) is 13.6 Å². The van der Waals surface area contributed by atoms with Crippen molar-refractivity contribution in [3.05, 3.63) is 23.8 Å². The molecule has 7 nitrogen and oxygen atoms in total. The lowest BCUT2D eigenvalue weighted by molar-refractivity contribution is 0.0938. The van der Waals surface area contributed by atoms with Crippen molar-refractivity contribution < 1.29 is 18.3 Å². The number of carbonyl (C=O) groups excluding carboxylic acids is 1. The molecule has 1 saturated heterocycles. The van der Waals surface area contributed by atoms with Crippen molar-refractivity contribution in [2.75, 3.05) is 19.6 Å². The highest BCUT2D eigenvalue weighted by molar-refractivity contribution is 7.89. The van der Waals surface area contributed by atoms with Crippen LogP contribution >= 0.6 is 0 Å². The van der Waals surface area contributed by atoms with Gasteiger partial charge in [-0.05, 0) is 44.1 Å². The molecule has 1 aliphatic heterocycles. The van der Waals surface area contributed by atoms with E-state index in [0.29, 0.717) is 6.54 Å². The van der Waals surface area contributed by atoms with E-state index in [1.54, 1.807) is 0 Å². The molecule has 0 radical (unpaired) electrons. The second-order valence-corrected chi connectivity index (χ2v) is 6.92. The Balaban J connectivity index is 2.09. The van der Waals surface area contributed by atoms with Crippen molar-refractivity contribution in [2.45, 2.75) is 30.7 Å². The van der Waals surface area contributed by atoms with Gasteiger partial charge in [-0.1, -0.05) is 6.92 Å². The number of primary sulfonamides is 1. The largest absolute Gasteiger partial charge is 0.507 e. The number of carbonyl (C=O) groups is 1.